The molecule has 1 saturated carbocycles. The van der Waals surface area contributed by atoms with Crippen LogP contribution in [0.5, 0.6) is 0 Å². The van der Waals surface area contributed by atoms with Gasteiger partial charge in [-0.25, -0.2) is 4.79 Å². The summed E-state index contributed by atoms with van der Waals surface area (Å²) in [6.07, 6.45) is 8.39. The normalized spacial score (nSPS) is 26.6. The number of piperidine rings is 2. The molecule has 0 aromatic heterocycles. The summed E-state index contributed by atoms with van der Waals surface area (Å²) in [7, 11) is 0. The Hall–Kier alpha value is -1.63. The van der Waals surface area contributed by atoms with E-state index >= 15 is 0 Å². The van der Waals surface area contributed by atoms with Crippen LogP contribution in [0, 0.1) is 11.8 Å². The monoisotopic (exact) mass is 418 g/mol. The van der Waals surface area contributed by atoms with Crippen molar-refractivity contribution in [2.24, 2.45) is 11.8 Å². The molecule has 4 rings (SSSR count). The van der Waals surface area contributed by atoms with E-state index < -0.39 is 5.54 Å². The third-order valence-corrected chi connectivity index (χ3v) is 7.62. The Bertz CT molecular complexity index is 657. The van der Waals surface area contributed by atoms with E-state index in [2.05, 4.69) is 24.1 Å². The lowest BCUT2D eigenvalue weighted by Gasteiger charge is -2.39. The van der Waals surface area contributed by atoms with E-state index in [0.29, 0.717) is 50.6 Å². The minimum absolute atomic E-state index is 0.0336. The second kappa shape index (κ2) is 8.85. The molecule has 0 radical (unpaired) electrons. The summed E-state index contributed by atoms with van der Waals surface area (Å²) < 4.78 is 0. The fourth-order valence-electron chi connectivity index (χ4n) is 5.90. The zero-order valence-electron chi connectivity index (χ0n) is 18.7. The largest absolute Gasteiger partial charge is 0.342 e. The number of carbonyl (C=O) groups excluding carboxylic acids is 3. The first-order chi connectivity index (χ1) is 14.4. The maximum absolute atomic E-state index is 13.3. The van der Waals surface area contributed by atoms with E-state index in [4.69, 9.17) is 0 Å². The number of urea groups is 1. The molecule has 7 heteroatoms. The Kier molecular flexibility index (Phi) is 6.37. The molecule has 4 amide bonds. The maximum Gasteiger partial charge on any atom is 0.325 e. The van der Waals surface area contributed by atoms with Crippen LogP contribution in [-0.4, -0.2) is 76.8 Å². The first kappa shape index (κ1) is 21.6. The molecule has 3 heterocycles. The molecule has 168 valence electrons. The highest BCUT2D eigenvalue weighted by molar-refractivity contribution is 6.07. The van der Waals surface area contributed by atoms with Gasteiger partial charge < -0.3 is 15.1 Å². The fourth-order valence-corrected chi connectivity index (χ4v) is 5.90. The third kappa shape index (κ3) is 4.23. The van der Waals surface area contributed by atoms with Crippen LogP contribution in [0.2, 0.25) is 0 Å². The summed E-state index contributed by atoms with van der Waals surface area (Å²) >= 11 is 0. The molecular formula is C23H38N4O3. The highest BCUT2D eigenvalue weighted by atomic mass is 16.2. The molecule has 0 aromatic rings. The molecular weight excluding hydrogens is 380 g/mol. The molecule has 0 aromatic carbocycles. The molecule has 1 aliphatic carbocycles. The summed E-state index contributed by atoms with van der Waals surface area (Å²) in [4.78, 5) is 44.8. The lowest BCUT2D eigenvalue weighted by atomic mass is 9.86. The second-order valence-corrected chi connectivity index (χ2v) is 10.3. The summed E-state index contributed by atoms with van der Waals surface area (Å²) in [5.74, 6) is 1.05. The molecule has 7 nitrogen and oxygen atoms in total. The van der Waals surface area contributed by atoms with Crippen molar-refractivity contribution in [1.82, 2.24) is 20.0 Å². The van der Waals surface area contributed by atoms with Gasteiger partial charge in [0.15, 0.2) is 0 Å². The Morgan fingerprint density at radius 1 is 1.00 bits per heavy atom. The number of nitrogens with one attached hydrogen (secondary N) is 1. The topological polar surface area (TPSA) is 73.0 Å². The fraction of sp³-hybridized carbons (Fsp3) is 0.870. The van der Waals surface area contributed by atoms with Gasteiger partial charge in [-0.2, -0.15) is 0 Å². The van der Waals surface area contributed by atoms with Gasteiger partial charge in [0.25, 0.3) is 5.91 Å². The van der Waals surface area contributed by atoms with Crippen molar-refractivity contribution in [3.8, 4) is 0 Å². The van der Waals surface area contributed by atoms with E-state index in [1.807, 2.05) is 4.90 Å². The predicted molar refractivity (Wildman–Crippen MR) is 115 cm³/mol. The van der Waals surface area contributed by atoms with Crippen molar-refractivity contribution >= 4 is 17.8 Å². The molecule has 30 heavy (non-hydrogen) atoms. The van der Waals surface area contributed by atoms with Crippen LogP contribution < -0.4 is 5.32 Å². The number of rotatable bonds is 4. The van der Waals surface area contributed by atoms with Gasteiger partial charge in [-0.05, 0) is 44.4 Å². The smallest absolute Gasteiger partial charge is 0.325 e. The molecule has 3 aliphatic heterocycles. The second-order valence-electron chi connectivity index (χ2n) is 10.3. The molecule has 0 unspecified atom stereocenters. The van der Waals surface area contributed by atoms with Crippen LogP contribution in [0.1, 0.15) is 71.6 Å². The molecule has 3 saturated heterocycles. The highest BCUT2D eigenvalue weighted by Gasteiger charge is 2.54. The van der Waals surface area contributed by atoms with Gasteiger partial charge in [0.2, 0.25) is 5.91 Å². The van der Waals surface area contributed by atoms with Crippen LogP contribution in [0.3, 0.4) is 0 Å². The molecule has 4 aliphatic rings. The number of imide groups is 1. The van der Waals surface area contributed by atoms with Crippen LogP contribution >= 0.6 is 0 Å². The molecule has 4 fully saturated rings. The minimum atomic E-state index is -0.709. The third-order valence-electron chi connectivity index (χ3n) is 7.62. The van der Waals surface area contributed by atoms with Crippen molar-refractivity contribution in [1.29, 1.82) is 0 Å². The summed E-state index contributed by atoms with van der Waals surface area (Å²) in [6.45, 7) is 8.48. The van der Waals surface area contributed by atoms with Gasteiger partial charge in [0.05, 0.1) is 0 Å². The average molecular weight is 419 g/mol. The van der Waals surface area contributed by atoms with Crippen LogP contribution in [0.25, 0.3) is 0 Å². The van der Waals surface area contributed by atoms with E-state index in [1.165, 1.54) is 11.3 Å². The minimum Gasteiger partial charge on any atom is -0.342 e. The molecule has 0 atom stereocenters. The standard InChI is InChI=1S/C23H38N4O3/c1-17(2)16-25-14-10-23(11-15-25)21(29)27(22(30)24-23)19-8-12-26(13-9-19)20(28)18-6-4-3-5-7-18/h17-19H,3-16H2,1-2H3,(H,24,30). The predicted octanol–water partition coefficient (Wildman–Crippen LogP) is 2.60. The molecule has 0 bridgehead atoms. The first-order valence-electron chi connectivity index (χ1n) is 12.1. The van der Waals surface area contributed by atoms with Crippen molar-refractivity contribution in [3.05, 3.63) is 0 Å². The SMILES string of the molecule is CC(C)CN1CCC2(CC1)NC(=O)N(C1CCN(C(=O)C3CCCCC3)CC1)C2=O. The number of likely N-dealkylation sites (tertiary alicyclic amines) is 2. The van der Waals surface area contributed by atoms with Gasteiger partial charge >= 0.3 is 6.03 Å². The van der Waals surface area contributed by atoms with Crippen molar-refractivity contribution in [3.63, 3.8) is 0 Å². The number of carbonyl (C=O) groups is 3. The van der Waals surface area contributed by atoms with E-state index in [9.17, 15) is 14.4 Å². The van der Waals surface area contributed by atoms with Crippen molar-refractivity contribution in [2.75, 3.05) is 32.7 Å². The lowest BCUT2D eigenvalue weighted by molar-refractivity contribution is -0.139. The van der Waals surface area contributed by atoms with Crippen molar-refractivity contribution in [2.45, 2.75) is 83.2 Å². The Morgan fingerprint density at radius 2 is 1.63 bits per heavy atom. The number of hydrogen-bond donors (Lipinski definition) is 1. The van der Waals surface area contributed by atoms with E-state index in [1.54, 1.807) is 0 Å². The van der Waals surface area contributed by atoms with E-state index in [-0.39, 0.29) is 23.9 Å². The van der Waals surface area contributed by atoms with Gasteiger partial charge in [-0.3, -0.25) is 14.5 Å². The van der Waals surface area contributed by atoms with E-state index in [0.717, 1.165) is 45.3 Å². The lowest BCUT2D eigenvalue weighted by Crippen LogP contribution is -2.56. The highest BCUT2D eigenvalue weighted by Crippen LogP contribution is 2.33. The number of hydrogen-bond acceptors (Lipinski definition) is 4. The summed E-state index contributed by atoms with van der Waals surface area (Å²) in [5.41, 5.74) is -0.709. The zero-order valence-corrected chi connectivity index (χ0v) is 18.7. The first-order valence-corrected chi connectivity index (χ1v) is 12.1. The van der Waals surface area contributed by atoms with Crippen molar-refractivity contribution < 1.29 is 14.4 Å². The summed E-state index contributed by atoms with van der Waals surface area (Å²) in [5, 5.41) is 3.06. The van der Waals surface area contributed by atoms with Crippen LogP contribution in [-0.2, 0) is 9.59 Å². The number of amides is 4. The quantitative estimate of drug-likeness (QED) is 0.713. The Morgan fingerprint density at radius 3 is 2.23 bits per heavy atom. The molecule has 1 spiro atoms. The van der Waals surface area contributed by atoms with Gasteiger partial charge in [-0.1, -0.05) is 33.1 Å². The molecule has 1 N–H and O–H groups in total. The zero-order chi connectivity index (χ0) is 21.3. The van der Waals surface area contributed by atoms with Crippen LogP contribution in [0.4, 0.5) is 4.79 Å². The Balaban J connectivity index is 1.32. The maximum atomic E-state index is 13.3. The average Bonchev–Trinajstić information content (AvgIpc) is 2.99. The summed E-state index contributed by atoms with van der Waals surface area (Å²) in [6, 6.07) is -0.310. The van der Waals surface area contributed by atoms with Crippen LogP contribution in [0.15, 0.2) is 0 Å². The van der Waals surface area contributed by atoms with Gasteiger partial charge in [0.1, 0.15) is 5.54 Å². The Labute approximate surface area is 180 Å². The van der Waals surface area contributed by atoms with Gasteiger partial charge in [0, 0.05) is 44.7 Å². The van der Waals surface area contributed by atoms with Gasteiger partial charge in [-0.15, -0.1) is 0 Å². The number of nitrogens with zero attached hydrogens (tertiary/aromatic N) is 3.